The largest absolute Gasteiger partial charge is 0.436 e. The molecule has 3 aromatic carbocycles. The van der Waals surface area contributed by atoms with E-state index in [9.17, 15) is 14.4 Å². The van der Waals surface area contributed by atoms with E-state index < -0.39 is 17.9 Å². The maximum atomic E-state index is 12.1. The summed E-state index contributed by atoms with van der Waals surface area (Å²) in [4.78, 5) is 40.0. The molecule has 25 heavy (non-hydrogen) atoms. The van der Waals surface area contributed by atoms with Crippen LogP contribution in [0.25, 0.3) is 21.5 Å². The summed E-state index contributed by atoms with van der Waals surface area (Å²) in [5.41, 5.74) is 0.548. The SMILES string of the molecule is O=C(Nc1cccc2cc3ccccc3cc12)ON1C(=O)CCC1=O. The lowest BCUT2D eigenvalue weighted by molar-refractivity contribution is -0.170. The van der Waals surface area contributed by atoms with Gasteiger partial charge in [0.25, 0.3) is 11.8 Å². The van der Waals surface area contributed by atoms with Crippen molar-refractivity contribution in [2.24, 2.45) is 0 Å². The molecule has 124 valence electrons. The summed E-state index contributed by atoms with van der Waals surface area (Å²) in [6.45, 7) is 0. The summed E-state index contributed by atoms with van der Waals surface area (Å²) in [5, 5.41) is 7.09. The fourth-order valence-electron chi connectivity index (χ4n) is 2.95. The molecule has 1 fully saturated rings. The zero-order valence-corrected chi connectivity index (χ0v) is 13.2. The van der Waals surface area contributed by atoms with Gasteiger partial charge in [0.15, 0.2) is 0 Å². The highest BCUT2D eigenvalue weighted by molar-refractivity contribution is 6.07. The van der Waals surface area contributed by atoms with Gasteiger partial charge in [-0.15, -0.1) is 5.06 Å². The van der Waals surface area contributed by atoms with Gasteiger partial charge in [-0.1, -0.05) is 36.4 Å². The van der Waals surface area contributed by atoms with Crippen LogP contribution in [0, 0.1) is 0 Å². The molecule has 6 nitrogen and oxygen atoms in total. The summed E-state index contributed by atoms with van der Waals surface area (Å²) in [7, 11) is 0. The molecule has 4 rings (SSSR count). The summed E-state index contributed by atoms with van der Waals surface area (Å²) >= 11 is 0. The van der Waals surface area contributed by atoms with Crippen molar-refractivity contribution in [1.82, 2.24) is 5.06 Å². The Morgan fingerprint density at radius 1 is 0.880 bits per heavy atom. The van der Waals surface area contributed by atoms with E-state index in [0.717, 1.165) is 21.5 Å². The molecule has 0 radical (unpaired) electrons. The van der Waals surface area contributed by atoms with Crippen molar-refractivity contribution in [2.45, 2.75) is 12.8 Å². The average Bonchev–Trinajstić information content (AvgIpc) is 2.92. The highest BCUT2D eigenvalue weighted by atomic mass is 16.7. The number of nitrogens with zero attached hydrogens (tertiary/aromatic N) is 1. The van der Waals surface area contributed by atoms with Crippen molar-refractivity contribution >= 4 is 45.1 Å². The monoisotopic (exact) mass is 334 g/mol. The van der Waals surface area contributed by atoms with Gasteiger partial charge in [0, 0.05) is 18.2 Å². The van der Waals surface area contributed by atoms with Gasteiger partial charge < -0.3 is 4.84 Å². The molecule has 0 atom stereocenters. The number of carbonyl (C=O) groups is 3. The molecule has 1 heterocycles. The Morgan fingerprint density at radius 2 is 1.52 bits per heavy atom. The van der Waals surface area contributed by atoms with Crippen LogP contribution in [0.5, 0.6) is 0 Å². The minimum absolute atomic E-state index is 0.0619. The lowest BCUT2D eigenvalue weighted by Crippen LogP contribution is -2.33. The Morgan fingerprint density at radius 3 is 2.24 bits per heavy atom. The van der Waals surface area contributed by atoms with Crippen LogP contribution in [-0.2, 0) is 14.4 Å². The normalized spacial score (nSPS) is 14.3. The Hall–Kier alpha value is -3.41. The first-order chi connectivity index (χ1) is 12.1. The molecule has 1 N–H and O–H groups in total. The van der Waals surface area contributed by atoms with Crippen LogP contribution >= 0.6 is 0 Å². The fraction of sp³-hybridized carbons (Fsp3) is 0.105. The maximum Gasteiger partial charge on any atom is 0.436 e. The Bertz CT molecular complexity index is 1010. The van der Waals surface area contributed by atoms with Gasteiger partial charge >= 0.3 is 6.09 Å². The predicted molar refractivity (Wildman–Crippen MR) is 92.6 cm³/mol. The van der Waals surface area contributed by atoms with E-state index in [-0.39, 0.29) is 12.8 Å². The third kappa shape index (κ3) is 2.78. The van der Waals surface area contributed by atoms with Gasteiger partial charge in [0.2, 0.25) is 0 Å². The summed E-state index contributed by atoms with van der Waals surface area (Å²) in [5.74, 6) is -1.02. The second-order valence-electron chi connectivity index (χ2n) is 5.81. The summed E-state index contributed by atoms with van der Waals surface area (Å²) in [6, 6.07) is 17.5. The Balaban J connectivity index is 1.64. The van der Waals surface area contributed by atoms with Gasteiger partial charge in [-0.3, -0.25) is 14.9 Å². The third-order valence-electron chi connectivity index (χ3n) is 4.16. The van der Waals surface area contributed by atoms with Crippen LogP contribution in [0.15, 0.2) is 54.6 Å². The standard InChI is InChI=1S/C19H14N2O4/c22-17-8-9-18(23)21(17)25-19(24)20-16-7-3-6-14-10-12-4-1-2-5-13(12)11-15(14)16/h1-7,10-11H,8-9H2,(H,20,24). The van der Waals surface area contributed by atoms with Gasteiger partial charge in [-0.2, -0.15) is 0 Å². The van der Waals surface area contributed by atoms with Gasteiger partial charge in [-0.05, 0) is 34.4 Å². The molecule has 0 bridgehead atoms. The molecule has 1 saturated heterocycles. The molecule has 1 aliphatic heterocycles. The van der Waals surface area contributed by atoms with Gasteiger partial charge in [0.05, 0.1) is 5.69 Å². The number of rotatable bonds is 2. The molecule has 3 aromatic rings. The number of hydroxylamine groups is 2. The number of carbonyl (C=O) groups excluding carboxylic acids is 3. The Labute approximate surface area is 142 Å². The van der Waals surface area contributed by atoms with E-state index in [0.29, 0.717) is 10.8 Å². The molecule has 0 spiro atoms. The number of fused-ring (bicyclic) bond motifs is 2. The molecular formula is C19H14N2O4. The van der Waals surface area contributed by atoms with E-state index in [1.807, 2.05) is 48.5 Å². The van der Waals surface area contributed by atoms with E-state index in [1.54, 1.807) is 6.07 Å². The molecule has 0 aromatic heterocycles. The first-order valence-electron chi connectivity index (χ1n) is 7.88. The first kappa shape index (κ1) is 15.1. The molecule has 0 unspecified atom stereocenters. The molecule has 1 aliphatic rings. The van der Waals surface area contributed by atoms with Crippen LogP contribution in [0.1, 0.15) is 12.8 Å². The topological polar surface area (TPSA) is 75.7 Å². The third-order valence-corrected chi connectivity index (χ3v) is 4.16. The van der Waals surface area contributed by atoms with Gasteiger partial charge in [0.1, 0.15) is 0 Å². The minimum atomic E-state index is -0.871. The molecule has 0 aliphatic carbocycles. The maximum absolute atomic E-state index is 12.1. The van der Waals surface area contributed by atoms with Crippen LogP contribution < -0.4 is 5.32 Å². The smallest absolute Gasteiger partial charge is 0.311 e. The highest BCUT2D eigenvalue weighted by Gasteiger charge is 2.32. The van der Waals surface area contributed by atoms with Gasteiger partial charge in [-0.25, -0.2) is 4.79 Å². The average molecular weight is 334 g/mol. The second-order valence-corrected chi connectivity index (χ2v) is 5.81. The number of hydrogen-bond donors (Lipinski definition) is 1. The molecule has 3 amide bonds. The van der Waals surface area contributed by atoms with Crippen LogP contribution in [0.4, 0.5) is 10.5 Å². The number of anilines is 1. The Kier molecular flexibility index (Phi) is 3.57. The number of hydrogen-bond acceptors (Lipinski definition) is 4. The van der Waals surface area contributed by atoms with Crippen molar-refractivity contribution < 1.29 is 19.2 Å². The molecular weight excluding hydrogens is 320 g/mol. The number of imide groups is 1. The van der Waals surface area contributed by atoms with E-state index in [4.69, 9.17) is 4.84 Å². The number of amides is 3. The van der Waals surface area contributed by atoms with Crippen molar-refractivity contribution in [3.63, 3.8) is 0 Å². The molecule has 0 saturated carbocycles. The lowest BCUT2D eigenvalue weighted by atomic mass is 10.0. The van der Waals surface area contributed by atoms with E-state index >= 15 is 0 Å². The van der Waals surface area contributed by atoms with Crippen LogP contribution in [0.3, 0.4) is 0 Å². The second kappa shape index (κ2) is 5.90. The molecule has 6 heteroatoms. The predicted octanol–water partition coefficient (Wildman–Crippen LogP) is 3.61. The lowest BCUT2D eigenvalue weighted by Gasteiger charge is -2.14. The fourth-order valence-corrected chi connectivity index (χ4v) is 2.95. The van der Waals surface area contributed by atoms with E-state index in [2.05, 4.69) is 5.32 Å². The van der Waals surface area contributed by atoms with Crippen LogP contribution in [-0.4, -0.2) is 23.0 Å². The zero-order chi connectivity index (χ0) is 17.4. The highest BCUT2D eigenvalue weighted by Crippen LogP contribution is 2.28. The zero-order valence-electron chi connectivity index (χ0n) is 13.2. The van der Waals surface area contributed by atoms with Crippen molar-refractivity contribution in [3.05, 3.63) is 54.6 Å². The quantitative estimate of drug-likeness (QED) is 0.574. The number of benzene rings is 3. The van der Waals surface area contributed by atoms with Crippen molar-refractivity contribution in [3.8, 4) is 0 Å². The number of nitrogens with one attached hydrogen (secondary N) is 1. The summed E-state index contributed by atoms with van der Waals surface area (Å²) < 4.78 is 0. The first-order valence-corrected chi connectivity index (χ1v) is 7.88. The minimum Gasteiger partial charge on any atom is -0.311 e. The summed E-state index contributed by atoms with van der Waals surface area (Å²) in [6.07, 6.45) is -0.747. The van der Waals surface area contributed by atoms with Crippen molar-refractivity contribution in [1.29, 1.82) is 0 Å². The van der Waals surface area contributed by atoms with E-state index in [1.165, 1.54) is 0 Å². The van der Waals surface area contributed by atoms with Crippen molar-refractivity contribution in [2.75, 3.05) is 5.32 Å². The van der Waals surface area contributed by atoms with Crippen LogP contribution in [0.2, 0.25) is 0 Å².